The van der Waals surface area contributed by atoms with Crippen LogP contribution in [-0.4, -0.2) is 46.3 Å². The molecule has 0 bridgehead atoms. The molecule has 158 valence electrons. The number of aromatic nitrogens is 1. The van der Waals surface area contributed by atoms with Crippen LogP contribution in [-0.2, 0) is 5.60 Å². The first-order chi connectivity index (χ1) is 14.3. The van der Waals surface area contributed by atoms with Crippen molar-refractivity contribution in [1.82, 2.24) is 9.88 Å². The van der Waals surface area contributed by atoms with Gasteiger partial charge in [-0.25, -0.2) is 4.98 Å². The summed E-state index contributed by atoms with van der Waals surface area (Å²) in [7, 11) is 0. The Labute approximate surface area is 190 Å². The van der Waals surface area contributed by atoms with E-state index < -0.39 is 5.60 Å². The maximum atomic E-state index is 11.0. The van der Waals surface area contributed by atoms with Crippen LogP contribution in [0.25, 0.3) is 0 Å². The molecular formula is C22H23Cl2N3O2S. The number of phenols is 1. The largest absolute Gasteiger partial charge is 0.508 e. The molecule has 1 saturated heterocycles. The van der Waals surface area contributed by atoms with Gasteiger partial charge in [0.1, 0.15) is 11.4 Å². The molecule has 2 atom stereocenters. The zero-order valence-electron chi connectivity index (χ0n) is 16.5. The zero-order valence-corrected chi connectivity index (χ0v) is 18.8. The van der Waals surface area contributed by atoms with Gasteiger partial charge in [0, 0.05) is 42.6 Å². The van der Waals surface area contributed by atoms with Gasteiger partial charge in [0.25, 0.3) is 0 Å². The Hall–Kier alpha value is -1.83. The molecule has 0 amide bonds. The van der Waals surface area contributed by atoms with Crippen molar-refractivity contribution in [2.45, 2.75) is 18.6 Å². The molecule has 2 heterocycles. The number of halogens is 2. The Morgan fingerprint density at radius 3 is 2.60 bits per heavy atom. The van der Waals surface area contributed by atoms with E-state index in [1.165, 1.54) is 11.3 Å². The minimum absolute atomic E-state index is 0.0179. The van der Waals surface area contributed by atoms with Gasteiger partial charge in [-0.05, 0) is 36.8 Å². The molecule has 0 saturated carbocycles. The van der Waals surface area contributed by atoms with Crippen molar-refractivity contribution in [2.24, 2.45) is 0 Å². The van der Waals surface area contributed by atoms with Crippen molar-refractivity contribution in [3.63, 3.8) is 0 Å². The highest BCUT2D eigenvalue weighted by molar-refractivity contribution is 7.07. The lowest BCUT2D eigenvalue weighted by atomic mass is 9.98. The molecule has 4 rings (SSSR count). The standard InChI is InChI=1S/C22H23Cl2N3O2S/c1-22(29,21-12-30-14-25-21)13-26-8-9-27(19-7-6-17(28)10-18(19)24)20(11-26)15-2-4-16(23)5-3-15/h2-7,10,12,14,20,28-29H,8-9,11,13H2,1H3/t20-,22+/m0/s1. The number of β-amino-alcohol motifs (C(OH)–C–C–N with tert-alkyl or cyclic N) is 1. The highest BCUT2D eigenvalue weighted by Gasteiger charge is 2.34. The molecule has 2 aromatic carbocycles. The van der Waals surface area contributed by atoms with Crippen LogP contribution in [0.3, 0.4) is 0 Å². The fourth-order valence-electron chi connectivity index (χ4n) is 3.97. The molecule has 0 spiro atoms. The summed E-state index contributed by atoms with van der Waals surface area (Å²) < 4.78 is 0. The first-order valence-corrected chi connectivity index (χ1v) is 11.4. The number of nitrogens with zero attached hydrogens (tertiary/aromatic N) is 3. The summed E-state index contributed by atoms with van der Waals surface area (Å²) in [4.78, 5) is 8.80. The monoisotopic (exact) mass is 463 g/mol. The molecule has 1 aliphatic rings. The fraction of sp³-hybridized carbons (Fsp3) is 0.318. The normalized spacial score (nSPS) is 19.6. The van der Waals surface area contributed by atoms with Crippen molar-refractivity contribution in [3.05, 3.63) is 74.7 Å². The van der Waals surface area contributed by atoms with Gasteiger partial charge >= 0.3 is 0 Å². The molecule has 0 unspecified atom stereocenters. The zero-order chi connectivity index (χ0) is 21.3. The lowest BCUT2D eigenvalue weighted by Crippen LogP contribution is -2.52. The van der Waals surface area contributed by atoms with Crippen LogP contribution in [0.1, 0.15) is 24.2 Å². The van der Waals surface area contributed by atoms with Gasteiger partial charge in [0.15, 0.2) is 0 Å². The van der Waals surface area contributed by atoms with Gasteiger partial charge in [0.2, 0.25) is 0 Å². The first-order valence-electron chi connectivity index (χ1n) is 9.67. The van der Waals surface area contributed by atoms with Gasteiger partial charge in [-0.2, -0.15) is 0 Å². The lowest BCUT2D eigenvalue weighted by Gasteiger charge is -2.45. The molecule has 1 aliphatic heterocycles. The highest BCUT2D eigenvalue weighted by atomic mass is 35.5. The number of thiazole rings is 1. The summed E-state index contributed by atoms with van der Waals surface area (Å²) >= 11 is 14.1. The first kappa shape index (κ1) is 21.4. The maximum absolute atomic E-state index is 11.0. The van der Waals surface area contributed by atoms with E-state index in [-0.39, 0.29) is 11.8 Å². The van der Waals surface area contributed by atoms with Crippen LogP contribution in [0.4, 0.5) is 5.69 Å². The summed E-state index contributed by atoms with van der Waals surface area (Å²) in [6.07, 6.45) is 0. The van der Waals surface area contributed by atoms with Gasteiger partial charge in [-0.1, -0.05) is 35.3 Å². The average Bonchev–Trinajstić information content (AvgIpc) is 3.25. The maximum Gasteiger partial charge on any atom is 0.117 e. The number of aromatic hydroxyl groups is 1. The van der Waals surface area contributed by atoms with E-state index in [9.17, 15) is 10.2 Å². The molecule has 3 aromatic rings. The SMILES string of the molecule is C[C@@](O)(CN1CCN(c2ccc(O)cc2Cl)[C@H](c2ccc(Cl)cc2)C1)c1cscn1. The second kappa shape index (κ2) is 8.73. The third-order valence-electron chi connectivity index (χ3n) is 5.48. The topological polar surface area (TPSA) is 59.8 Å². The molecule has 2 N–H and O–H groups in total. The Morgan fingerprint density at radius 2 is 1.93 bits per heavy atom. The Bertz CT molecular complexity index is 996. The van der Waals surface area contributed by atoms with Gasteiger partial charge < -0.3 is 15.1 Å². The third kappa shape index (κ3) is 4.58. The van der Waals surface area contributed by atoms with Crippen LogP contribution < -0.4 is 4.90 Å². The molecule has 5 nitrogen and oxygen atoms in total. The smallest absolute Gasteiger partial charge is 0.117 e. The van der Waals surface area contributed by atoms with Crippen LogP contribution in [0.2, 0.25) is 10.0 Å². The molecule has 8 heteroatoms. The Balaban J connectivity index is 1.62. The van der Waals surface area contributed by atoms with Crippen LogP contribution in [0.5, 0.6) is 5.75 Å². The second-order valence-corrected chi connectivity index (χ2v) is 9.34. The van der Waals surface area contributed by atoms with E-state index in [1.54, 1.807) is 17.6 Å². The molecule has 1 aromatic heterocycles. The number of piperazine rings is 1. The van der Waals surface area contributed by atoms with Gasteiger partial charge in [0.05, 0.1) is 28.0 Å². The van der Waals surface area contributed by atoms with Crippen molar-refractivity contribution in [1.29, 1.82) is 0 Å². The van der Waals surface area contributed by atoms with Crippen LogP contribution in [0.15, 0.2) is 53.4 Å². The summed E-state index contributed by atoms with van der Waals surface area (Å²) in [5.41, 5.74) is 3.40. The predicted molar refractivity (Wildman–Crippen MR) is 123 cm³/mol. The number of phenolic OH excluding ortho intramolecular Hbond substituents is 1. The van der Waals surface area contributed by atoms with E-state index >= 15 is 0 Å². The number of benzene rings is 2. The van der Waals surface area contributed by atoms with Gasteiger partial charge in [-0.3, -0.25) is 4.90 Å². The van der Waals surface area contributed by atoms with Crippen LogP contribution >= 0.6 is 34.5 Å². The Morgan fingerprint density at radius 1 is 1.17 bits per heavy atom. The van der Waals surface area contributed by atoms with E-state index in [2.05, 4.69) is 14.8 Å². The van der Waals surface area contributed by atoms with Crippen molar-refractivity contribution >= 4 is 40.2 Å². The molecule has 30 heavy (non-hydrogen) atoms. The molecular weight excluding hydrogens is 441 g/mol. The highest BCUT2D eigenvalue weighted by Crippen LogP contribution is 2.37. The number of anilines is 1. The quantitative estimate of drug-likeness (QED) is 0.561. The molecule has 0 radical (unpaired) electrons. The van der Waals surface area contributed by atoms with E-state index in [1.807, 2.05) is 42.6 Å². The van der Waals surface area contributed by atoms with E-state index in [4.69, 9.17) is 23.2 Å². The van der Waals surface area contributed by atoms with E-state index in [0.717, 1.165) is 24.3 Å². The van der Waals surface area contributed by atoms with Crippen molar-refractivity contribution < 1.29 is 10.2 Å². The molecule has 0 aliphatic carbocycles. The summed E-state index contributed by atoms with van der Waals surface area (Å²) in [5.74, 6) is 0.143. The predicted octanol–water partition coefficient (Wildman–Crippen LogP) is 4.93. The lowest BCUT2D eigenvalue weighted by molar-refractivity contribution is 0.00725. The summed E-state index contributed by atoms with van der Waals surface area (Å²) in [6, 6.07) is 12.9. The molecule has 1 fully saturated rings. The van der Waals surface area contributed by atoms with Crippen molar-refractivity contribution in [2.75, 3.05) is 31.1 Å². The fourth-order valence-corrected chi connectivity index (χ4v) is 5.05. The summed E-state index contributed by atoms with van der Waals surface area (Å²) in [6.45, 7) is 4.49. The number of hydrogen-bond acceptors (Lipinski definition) is 6. The van der Waals surface area contributed by atoms with Crippen LogP contribution in [0, 0.1) is 0 Å². The number of hydrogen-bond donors (Lipinski definition) is 2. The second-order valence-electron chi connectivity index (χ2n) is 7.78. The Kier molecular flexibility index (Phi) is 6.23. The number of aliphatic hydroxyl groups is 1. The number of rotatable bonds is 5. The van der Waals surface area contributed by atoms with E-state index in [0.29, 0.717) is 28.8 Å². The van der Waals surface area contributed by atoms with Gasteiger partial charge in [-0.15, -0.1) is 11.3 Å². The summed E-state index contributed by atoms with van der Waals surface area (Å²) in [5, 5.41) is 23.8. The average molecular weight is 464 g/mol. The van der Waals surface area contributed by atoms with Crippen molar-refractivity contribution in [3.8, 4) is 5.75 Å². The minimum Gasteiger partial charge on any atom is -0.508 e. The third-order valence-corrected chi connectivity index (χ3v) is 6.62. The minimum atomic E-state index is -1.02.